The molecule has 1 aromatic rings. The summed E-state index contributed by atoms with van der Waals surface area (Å²) in [5, 5.41) is 19.3. The number of hydrogen-bond donors (Lipinski definition) is 2. The third kappa shape index (κ3) is 3.43. The molecule has 0 bridgehead atoms. The van der Waals surface area contributed by atoms with E-state index >= 15 is 0 Å². The molecular formula is C14H17FO4S. The lowest BCUT2D eigenvalue weighted by Crippen LogP contribution is -2.40. The highest BCUT2D eigenvalue weighted by Gasteiger charge is 2.37. The van der Waals surface area contributed by atoms with Gasteiger partial charge in [0.25, 0.3) is 0 Å². The van der Waals surface area contributed by atoms with Crippen molar-refractivity contribution in [2.24, 2.45) is 5.92 Å². The molecule has 1 aromatic carbocycles. The Hall–Kier alpha value is -1.27. The van der Waals surface area contributed by atoms with Crippen molar-refractivity contribution < 1.29 is 23.6 Å². The number of carboxylic acid groups (broad SMARTS) is 1. The first-order valence-corrected chi connectivity index (χ1v) is 7.81. The van der Waals surface area contributed by atoms with Crippen molar-refractivity contribution in [2.75, 3.05) is 5.75 Å². The van der Waals surface area contributed by atoms with Crippen molar-refractivity contribution in [3.05, 3.63) is 30.1 Å². The number of carbonyl (C=O) groups is 1. The summed E-state index contributed by atoms with van der Waals surface area (Å²) in [5.74, 6) is -1.91. The number of hydrogen-bond acceptors (Lipinski definition) is 3. The number of halogens is 1. The summed E-state index contributed by atoms with van der Waals surface area (Å²) < 4.78 is 25.7. The van der Waals surface area contributed by atoms with Gasteiger partial charge in [-0.1, -0.05) is 12.1 Å². The van der Waals surface area contributed by atoms with Crippen LogP contribution in [0.3, 0.4) is 0 Å². The second-order valence-corrected chi connectivity index (χ2v) is 6.68. The van der Waals surface area contributed by atoms with E-state index in [1.807, 2.05) is 0 Å². The highest BCUT2D eigenvalue weighted by Crippen LogP contribution is 2.33. The first kappa shape index (κ1) is 15.1. The molecule has 6 heteroatoms. The van der Waals surface area contributed by atoms with E-state index in [1.54, 1.807) is 6.07 Å². The average Bonchev–Trinajstić information content (AvgIpc) is 2.39. The van der Waals surface area contributed by atoms with Crippen LogP contribution in [0.2, 0.25) is 0 Å². The molecule has 0 aliphatic heterocycles. The molecule has 0 aromatic heterocycles. The van der Waals surface area contributed by atoms with Crippen LogP contribution in [-0.4, -0.2) is 31.7 Å². The minimum absolute atomic E-state index is 0.0553. The Morgan fingerprint density at radius 1 is 1.35 bits per heavy atom. The van der Waals surface area contributed by atoms with Crippen LogP contribution in [0.1, 0.15) is 25.7 Å². The summed E-state index contributed by atoms with van der Waals surface area (Å²) in [6.07, 6.45) is 1.29. The number of aliphatic hydroxyl groups is 1. The Morgan fingerprint density at radius 2 is 1.95 bits per heavy atom. The van der Waals surface area contributed by atoms with Crippen molar-refractivity contribution in [1.82, 2.24) is 0 Å². The fourth-order valence-corrected chi connectivity index (χ4v) is 3.95. The maximum Gasteiger partial charge on any atom is 0.306 e. The van der Waals surface area contributed by atoms with Crippen LogP contribution in [-0.2, 0) is 15.6 Å². The van der Waals surface area contributed by atoms with E-state index in [9.17, 15) is 18.5 Å². The molecule has 20 heavy (non-hydrogen) atoms. The van der Waals surface area contributed by atoms with Crippen LogP contribution in [0.25, 0.3) is 0 Å². The number of carboxylic acids is 1. The summed E-state index contributed by atoms with van der Waals surface area (Å²) >= 11 is 0. The van der Waals surface area contributed by atoms with Crippen molar-refractivity contribution in [3.8, 4) is 0 Å². The number of aliphatic carboxylic acids is 1. The predicted octanol–water partition coefficient (Wildman–Crippen LogP) is 1.94. The highest BCUT2D eigenvalue weighted by atomic mass is 32.2. The van der Waals surface area contributed by atoms with Gasteiger partial charge < -0.3 is 10.2 Å². The molecule has 110 valence electrons. The Morgan fingerprint density at radius 3 is 2.50 bits per heavy atom. The molecule has 2 N–H and O–H groups in total. The second kappa shape index (κ2) is 6.01. The van der Waals surface area contributed by atoms with Crippen LogP contribution in [0, 0.1) is 11.7 Å². The zero-order valence-electron chi connectivity index (χ0n) is 10.9. The van der Waals surface area contributed by atoms with E-state index in [4.69, 9.17) is 5.11 Å². The second-order valence-electron chi connectivity index (χ2n) is 5.26. The molecule has 0 radical (unpaired) electrons. The molecular weight excluding hydrogens is 283 g/mol. The van der Waals surface area contributed by atoms with Gasteiger partial charge in [-0.05, 0) is 37.8 Å². The average molecular weight is 300 g/mol. The summed E-state index contributed by atoms with van der Waals surface area (Å²) in [4.78, 5) is 10.9. The molecule has 1 saturated carbocycles. The fourth-order valence-electron chi connectivity index (χ4n) is 2.50. The van der Waals surface area contributed by atoms with Crippen LogP contribution in [0.5, 0.6) is 0 Å². The summed E-state index contributed by atoms with van der Waals surface area (Å²) in [7, 11) is -1.63. The van der Waals surface area contributed by atoms with Crippen LogP contribution >= 0.6 is 0 Å². The van der Waals surface area contributed by atoms with Gasteiger partial charge in [-0.15, -0.1) is 0 Å². The van der Waals surface area contributed by atoms with Gasteiger partial charge in [0.2, 0.25) is 0 Å². The first-order valence-electron chi connectivity index (χ1n) is 6.49. The van der Waals surface area contributed by atoms with Crippen LogP contribution in [0.4, 0.5) is 4.39 Å². The smallest absolute Gasteiger partial charge is 0.306 e. The van der Waals surface area contributed by atoms with E-state index in [0.29, 0.717) is 12.8 Å². The third-order valence-corrected chi connectivity index (χ3v) is 5.37. The molecule has 0 heterocycles. The lowest BCUT2D eigenvalue weighted by molar-refractivity contribution is -0.144. The highest BCUT2D eigenvalue weighted by molar-refractivity contribution is 7.85. The molecule has 1 aliphatic carbocycles. The lowest BCUT2D eigenvalue weighted by Gasteiger charge is -2.34. The lowest BCUT2D eigenvalue weighted by atomic mass is 9.80. The molecule has 4 nitrogen and oxygen atoms in total. The zero-order chi connectivity index (χ0) is 14.8. The van der Waals surface area contributed by atoms with Crippen molar-refractivity contribution >= 4 is 16.8 Å². The zero-order valence-corrected chi connectivity index (χ0v) is 11.7. The van der Waals surface area contributed by atoms with Gasteiger partial charge in [0.05, 0.1) is 33.0 Å². The molecule has 0 spiro atoms. The molecule has 1 fully saturated rings. The van der Waals surface area contributed by atoms with E-state index < -0.39 is 34.1 Å². The quantitative estimate of drug-likeness (QED) is 0.891. The van der Waals surface area contributed by atoms with E-state index in [1.165, 1.54) is 18.2 Å². The molecule has 1 atom stereocenters. The number of rotatable bonds is 4. The molecule has 1 aliphatic rings. The van der Waals surface area contributed by atoms with Gasteiger partial charge >= 0.3 is 5.97 Å². The van der Waals surface area contributed by atoms with Gasteiger partial charge in [0.15, 0.2) is 0 Å². The molecule has 0 amide bonds. The Kier molecular flexibility index (Phi) is 4.55. The molecule has 0 saturated heterocycles. The van der Waals surface area contributed by atoms with E-state index in [-0.39, 0.29) is 23.5 Å². The monoisotopic (exact) mass is 300 g/mol. The van der Waals surface area contributed by atoms with Crippen LogP contribution < -0.4 is 0 Å². The fraction of sp³-hybridized carbons (Fsp3) is 0.500. The number of benzene rings is 1. The summed E-state index contributed by atoms with van der Waals surface area (Å²) in [6, 6.07) is 5.79. The molecule has 1 unspecified atom stereocenters. The topological polar surface area (TPSA) is 74.6 Å². The Labute approximate surface area is 119 Å². The molecule has 2 rings (SSSR count). The maximum absolute atomic E-state index is 13.5. The SMILES string of the molecule is O=C(O)C1CCC(O)(CS(=O)c2ccccc2F)CC1. The third-order valence-electron chi connectivity index (χ3n) is 3.75. The normalized spacial score (nSPS) is 28.0. The Balaban J connectivity index is 2.02. The minimum Gasteiger partial charge on any atom is -0.481 e. The van der Waals surface area contributed by atoms with Gasteiger partial charge in [-0.2, -0.15) is 0 Å². The standard InChI is InChI=1S/C14H17FO4S/c15-11-3-1-2-4-12(11)20(19)9-14(18)7-5-10(6-8-14)13(16)17/h1-4,10,18H,5-9H2,(H,16,17). The summed E-state index contributed by atoms with van der Waals surface area (Å²) in [6.45, 7) is 0. The minimum atomic E-state index is -1.63. The van der Waals surface area contributed by atoms with Crippen molar-refractivity contribution in [2.45, 2.75) is 36.2 Å². The first-order chi connectivity index (χ1) is 9.41. The van der Waals surface area contributed by atoms with Gasteiger partial charge in [0, 0.05) is 0 Å². The largest absolute Gasteiger partial charge is 0.481 e. The Bertz CT molecular complexity index is 524. The van der Waals surface area contributed by atoms with Crippen molar-refractivity contribution in [3.63, 3.8) is 0 Å². The van der Waals surface area contributed by atoms with Gasteiger partial charge in [0.1, 0.15) is 5.82 Å². The van der Waals surface area contributed by atoms with E-state index in [0.717, 1.165) is 0 Å². The van der Waals surface area contributed by atoms with Gasteiger partial charge in [-0.3, -0.25) is 9.00 Å². The summed E-state index contributed by atoms with van der Waals surface area (Å²) in [5.41, 5.74) is -1.17. The van der Waals surface area contributed by atoms with Crippen molar-refractivity contribution in [1.29, 1.82) is 0 Å². The maximum atomic E-state index is 13.5. The van der Waals surface area contributed by atoms with Gasteiger partial charge in [-0.25, -0.2) is 4.39 Å². The van der Waals surface area contributed by atoms with Crippen LogP contribution in [0.15, 0.2) is 29.2 Å². The predicted molar refractivity (Wildman–Crippen MR) is 72.2 cm³/mol. The van der Waals surface area contributed by atoms with E-state index in [2.05, 4.69) is 0 Å².